The van der Waals surface area contributed by atoms with Crippen LogP contribution in [0.25, 0.3) is 0 Å². The van der Waals surface area contributed by atoms with Gasteiger partial charge in [0.1, 0.15) is 0 Å². The molecule has 1 aromatic heterocycles. The number of carbonyl (C=O) groups is 1. The quantitative estimate of drug-likeness (QED) is 0.560. The van der Waals surface area contributed by atoms with Crippen LogP contribution in [0.1, 0.15) is 42.5 Å². The monoisotopic (exact) mass is 375 g/mol. The van der Waals surface area contributed by atoms with Crippen molar-refractivity contribution in [3.63, 3.8) is 0 Å². The molecular weight excluding hydrogens is 355 g/mol. The van der Waals surface area contributed by atoms with E-state index < -0.39 is 17.5 Å². The lowest BCUT2D eigenvalue weighted by Gasteiger charge is -2.13. The summed E-state index contributed by atoms with van der Waals surface area (Å²) in [7, 11) is 0. The number of amides is 1. The molecule has 1 aromatic carbocycles. The van der Waals surface area contributed by atoms with Gasteiger partial charge in [-0.2, -0.15) is 0 Å². The summed E-state index contributed by atoms with van der Waals surface area (Å²) < 4.78 is 40.1. The molecule has 0 fully saturated rings. The van der Waals surface area contributed by atoms with Crippen LogP contribution in [0.3, 0.4) is 0 Å². The molecule has 7 heteroatoms. The van der Waals surface area contributed by atoms with Gasteiger partial charge in [-0.25, -0.2) is 13.2 Å². The van der Waals surface area contributed by atoms with Gasteiger partial charge in [0.15, 0.2) is 17.5 Å². The average Bonchev–Trinajstić information content (AvgIpc) is 2.69. The number of nitrogens with zero attached hydrogens (tertiary/aromatic N) is 1. The van der Waals surface area contributed by atoms with Crippen LogP contribution in [0.15, 0.2) is 42.2 Å². The van der Waals surface area contributed by atoms with E-state index in [2.05, 4.69) is 21.7 Å². The van der Waals surface area contributed by atoms with Crippen molar-refractivity contribution in [3.8, 4) is 0 Å². The number of hydrogen-bond acceptors (Lipinski definition) is 3. The zero-order valence-corrected chi connectivity index (χ0v) is 14.7. The van der Waals surface area contributed by atoms with E-state index >= 15 is 0 Å². The van der Waals surface area contributed by atoms with Gasteiger partial charge in [-0.15, -0.1) is 0 Å². The highest BCUT2D eigenvalue weighted by atomic mass is 19.2. The molecule has 27 heavy (non-hydrogen) atoms. The molecule has 142 valence electrons. The predicted octanol–water partition coefficient (Wildman–Crippen LogP) is 4.86. The molecule has 1 amide bonds. The fourth-order valence-corrected chi connectivity index (χ4v) is 2.98. The number of anilines is 2. The number of pyridine rings is 1. The van der Waals surface area contributed by atoms with Gasteiger partial charge in [0.05, 0.1) is 23.1 Å². The Bertz CT molecular complexity index is 868. The zero-order valence-electron chi connectivity index (χ0n) is 14.7. The summed E-state index contributed by atoms with van der Waals surface area (Å²) in [6.07, 6.45) is 10.4. The lowest BCUT2D eigenvalue weighted by atomic mass is 9.97. The summed E-state index contributed by atoms with van der Waals surface area (Å²) in [5, 5.41) is 5.44. The fraction of sp³-hybridized carbons (Fsp3) is 0.300. The third-order valence-corrected chi connectivity index (χ3v) is 4.43. The lowest BCUT2D eigenvalue weighted by molar-refractivity contribution is 0.0953. The number of benzene rings is 1. The molecule has 0 saturated carbocycles. The Balaban J connectivity index is 1.62. The highest BCUT2D eigenvalue weighted by Gasteiger charge is 2.14. The topological polar surface area (TPSA) is 54.0 Å². The van der Waals surface area contributed by atoms with Crippen LogP contribution in [0.4, 0.5) is 24.5 Å². The van der Waals surface area contributed by atoms with Gasteiger partial charge in [-0.05, 0) is 50.3 Å². The maximum absolute atomic E-state index is 13.8. The first-order valence-corrected chi connectivity index (χ1v) is 8.86. The van der Waals surface area contributed by atoms with Crippen molar-refractivity contribution in [1.29, 1.82) is 0 Å². The molecule has 0 radical (unpaired) electrons. The van der Waals surface area contributed by atoms with Crippen LogP contribution in [0, 0.1) is 17.5 Å². The summed E-state index contributed by atoms with van der Waals surface area (Å²) in [4.78, 5) is 16.2. The van der Waals surface area contributed by atoms with Crippen LogP contribution in [-0.2, 0) is 0 Å². The van der Waals surface area contributed by atoms with E-state index in [1.165, 1.54) is 36.9 Å². The first-order chi connectivity index (χ1) is 13.0. The first kappa shape index (κ1) is 18.9. The average molecular weight is 375 g/mol. The third kappa shape index (κ3) is 4.87. The highest BCUT2D eigenvalue weighted by molar-refractivity contribution is 5.94. The summed E-state index contributed by atoms with van der Waals surface area (Å²) in [6.45, 7) is 0.528. The van der Waals surface area contributed by atoms with Crippen LogP contribution >= 0.6 is 0 Å². The minimum Gasteiger partial charge on any atom is -0.352 e. The Morgan fingerprint density at radius 1 is 1.11 bits per heavy atom. The Hall–Kier alpha value is -2.83. The van der Waals surface area contributed by atoms with Crippen LogP contribution in [0.2, 0.25) is 0 Å². The van der Waals surface area contributed by atoms with Crippen molar-refractivity contribution in [1.82, 2.24) is 10.3 Å². The van der Waals surface area contributed by atoms with Gasteiger partial charge in [-0.3, -0.25) is 9.78 Å². The van der Waals surface area contributed by atoms with Gasteiger partial charge in [0, 0.05) is 12.7 Å². The number of halogens is 3. The maximum atomic E-state index is 13.8. The molecule has 1 aliphatic carbocycles. The van der Waals surface area contributed by atoms with Gasteiger partial charge in [-0.1, -0.05) is 11.6 Å². The molecule has 0 saturated heterocycles. The van der Waals surface area contributed by atoms with E-state index in [1.54, 1.807) is 0 Å². The van der Waals surface area contributed by atoms with Gasteiger partial charge in [0.25, 0.3) is 5.91 Å². The Kier molecular flexibility index (Phi) is 6.11. The van der Waals surface area contributed by atoms with Crippen molar-refractivity contribution >= 4 is 17.3 Å². The highest BCUT2D eigenvalue weighted by Crippen LogP contribution is 2.24. The van der Waals surface area contributed by atoms with Crippen molar-refractivity contribution in [2.75, 3.05) is 11.9 Å². The summed E-state index contributed by atoms with van der Waals surface area (Å²) in [5.74, 6) is -4.45. The van der Waals surface area contributed by atoms with Crippen molar-refractivity contribution in [2.24, 2.45) is 0 Å². The maximum Gasteiger partial charge on any atom is 0.252 e. The summed E-state index contributed by atoms with van der Waals surface area (Å²) >= 11 is 0. The van der Waals surface area contributed by atoms with Crippen LogP contribution in [-0.4, -0.2) is 17.4 Å². The number of nitrogens with one attached hydrogen (secondary N) is 2. The molecular formula is C20H20F3N3O. The van der Waals surface area contributed by atoms with Gasteiger partial charge < -0.3 is 10.6 Å². The zero-order chi connectivity index (χ0) is 19.2. The number of allylic oxidation sites excluding steroid dienone is 1. The minimum absolute atomic E-state index is 0.238. The second-order valence-electron chi connectivity index (χ2n) is 6.42. The number of hydrogen-bond donors (Lipinski definition) is 2. The fourth-order valence-electron chi connectivity index (χ4n) is 2.98. The second-order valence-corrected chi connectivity index (χ2v) is 6.42. The molecule has 0 unspecified atom stereocenters. The molecule has 4 nitrogen and oxygen atoms in total. The Morgan fingerprint density at radius 3 is 2.74 bits per heavy atom. The molecule has 1 aliphatic rings. The van der Waals surface area contributed by atoms with E-state index in [9.17, 15) is 18.0 Å². The molecule has 0 spiro atoms. The second kappa shape index (κ2) is 8.70. The van der Waals surface area contributed by atoms with Gasteiger partial charge in [0.2, 0.25) is 0 Å². The van der Waals surface area contributed by atoms with E-state index in [0.717, 1.165) is 31.4 Å². The lowest BCUT2D eigenvalue weighted by Crippen LogP contribution is -2.25. The van der Waals surface area contributed by atoms with Crippen LogP contribution < -0.4 is 10.6 Å². The van der Waals surface area contributed by atoms with Gasteiger partial charge >= 0.3 is 0 Å². The van der Waals surface area contributed by atoms with E-state index in [1.807, 2.05) is 0 Å². The molecule has 2 N–H and O–H groups in total. The number of carbonyl (C=O) groups excluding carboxylic acids is 1. The van der Waals surface area contributed by atoms with E-state index in [-0.39, 0.29) is 11.6 Å². The SMILES string of the molecule is O=C(NCCC1=CCCCC1)c1cncc(Nc2ccc(F)c(F)c2F)c1. The van der Waals surface area contributed by atoms with E-state index in [4.69, 9.17) is 0 Å². The third-order valence-electron chi connectivity index (χ3n) is 4.43. The summed E-state index contributed by atoms with van der Waals surface area (Å²) in [5.41, 5.74) is 1.71. The normalized spacial score (nSPS) is 13.8. The molecule has 0 bridgehead atoms. The summed E-state index contributed by atoms with van der Waals surface area (Å²) in [6, 6.07) is 3.38. The number of rotatable bonds is 6. The number of aromatic nitrogens is 1. The molecule has 1 heterocycles. The van der Waals surface area contributed by atoms with Crippen LogP contribution in [0.5, 0.6) is 0 Å². The Labute approximate surface area is 155 Å². The first-order valence-electron chi connectivity index (χ1n) is 8.86. The molecule has 0 aliphatic heterocycles. The molecule has 0 atom stereocenters. The van der Waals surface area contributed by atoms with Crippen molar-refractivity contribution in [2.45, 2.75) is 32.1 Å². The Morgan fingerprint density at radius 2 is 1.96 bits per heavy atom. The van der Waals surface area contributed by atoms with Crippen molar-refractivity contribution in [3.05, 3.63) is 65.3 Å². The molecule has 2 aromatic rings. The molecule has 3 rings (SSSR count). The standard InChI is InChI=1S/C20H20F3N3O/c21-16-6-7-17(19(23)18(16)22)26-15-10-14(11-24-12-15)20(27)25-9-8-13-4-2-1-3-5-13/h4,6-7,10-12,26H,1-3,5,8-9H2,(H,25,27). The van der Waals surface area contributed by atoms with E-state index in [0.29, 0.717) is 17.8 Å². The predicted molar refractivity (Wildman–Crippen MR) is 97.3 cm³/mol. The van der Waals surface area contributed by atoms with Crippen molar-refractivity contribution < 1.29 is 18.0 Å². The largest absolute Gasteiger partial charge is 0.352 e. The smallest absolute Gasteiger partial charge is 0.252 e. The minimum atomic E-state index is -1.56.